The van der Waals surface area contributed by atoms with Crippen molar-refractivity contribution in [3.05, 3.63) is 101 Å². The molecular formula is C44H55ClN4O5S. The number of para-hydroxylation sites is 1. The van der Waals surface area contributed by atoms with Crippen LogP contribution in [0.25, 0.3) is 0 Å². The van der Waals surface area contributed by atoms with Crippen LogP contribution in [0, 0.1) is 17.8 Å². The summed E-state index contributed by atoms with van der Waals surface area (Å²) in [6, 6.07) is 22.3. The highest BCUT2D eigenvalue weighted by Crippen LogP contribution is 2.49. The Morgan fingerprint density at radius 1 is 0.982 bits per heavy atom. The Balaban J connectivity index is 1.16. The lowest BCUT2D eigenvalue weighted by molar-refractivity contribution is -0.0919. The number of fused-ring (bicyclic) bond motifs is 4. The number of rotatable bonds is 4. The number of halogens is 1. The molecule has 8 rings (SSSR count). The number of piperazine rings is 1. The second kappa shape index (κ2) is 15.4. The van der Waals surface area contributed by atoms with E-state index in [0.717, 1.165) is 82.1 Å². The van der Waals surface area contributed by atoms with Gasteiger partial charge in [0.1, 0.15) is 11.4 Å². The Morgan fingerprint density at radius 2 is 1.78 bits per heavy atom. The maximum Gasteiger partial charge on any atom is 0.264 e. The number of allylic oxidation sites excluding steroid dienone is 1. The van der Waals surface area contributed by atoms with Crippen molar-refractivity contribution in [2.45, 2.75) is 68.6 Å². The Kier molecular flexibility index (Phi) is 10.7. The van der Waals surface area contributed by atoms with E-state index < -0.39 is 26.8 Å². The number of anilines is 2. The molecule has 2 fully saturated rings. The lowest BCUT2D eigenvalue weighted by atomic mass is 9.63. The van der Waals surface area contributed by atoms with Crippen LogP contribution in [0.1, 0.15) is 67.4 Å². The molecule has 1 saturated carbocycles. The Morgan fingerprint density at radius 3 is 2.53 bits per heavy atom. The monoisotopic (exact) mass is 786 g/mol. The molecule has 1 amide bonds. The number of carbonyl (C=O) groups is 1. The minimum atomic E-state index is -3.96. The Hall–Kier alpha value is -3.57. The average Bonchev–Trinajstić information content (AvgIpc) is 3.32. The summed E-state index contributed by atoms with van der Waals surface area (Å²) in [5.74, 6) is 0.446. The van der Waals surface area contributed by atoms with E-state index >= 15 is 0 Å². The third kappa shape index (κ3) is 7.52. The maximum absolute atomic E-state index is 13.7. The number of nitrogens with zero attached hydrogens (tertiary/aromatic N) is 3. The zero-order valence-electron chi connectivity index (χ0n) is 32.4. The normalized spacial score (nSPS) is 31.6. The second-order valence-corrected chi connectivity index (χ2v) is 19.3. The molecule has 294 valence electrons. The molecule has 6 atom stereocenters. The van der Waals surface area contributed by atoms with E-state index in [-0.39, 0.29) is 17.3 Å². The number of amides is 1. The van der Waals surface area contributed by atoms with Crippen LogP contribution >= 0.6 is 11.6 Å². The van der Waals surface area contributed by atoms with E-state index in [2.05, 4.69) is 74.0 Å². The highest BCUT2D eigenvalue weighted by molar-refractivity contribution is 7.90. The lowest BCUT2D eigenvalue weighted by Crippen LogP contribution is -2.59. The summed E-state index contributed by atoms with van der Waals surface area (Å²) in [6.07, 6.45) is 10.0. The number of carbonyl (C=O) groups excluding carboxylic acids is 1. The molecule has 1 N–H and O–H groups in total. The maximum atomic E-state index is 13.7. The van der Waals surface area contributed by atoms with Crippen molar-refractivity contribution in [1.82, 2.24) is 9.62 Å². The number of sulfonamides is 1. The SMILES string of the molecule is CO[C@@]1(CN2CCN(c3ccccc3)CC2)/C=C\C[C@H](C)[C@@H](C)S(=O)(=O)NC(=O)c2ccc3c(c2)N(C[C@@H]2CC[C@H]21)C[C@@]1(CCCc2cc(Cl)ccc21)CO3. The topological polar surface area (TPSA) is 91.4 Å². The van der Waals surface area contributed by atoms with Gasteiger partial charge in [0.2, 0.25) is 10.0 Å². The van der Waals surface area contributed by atoms with Crippen molar-refractivity contribution in [2.75, 3.05) is 69.3 Å². The predicted molar refractivity (Wildman–Crippen MR) is 220 cm³/mol. The van der Waals surface area contributed by atoms with E-state index in [4.69, 9.17) is 21.1 Å². The second-order valence-electron chi connectivity index (χ2n) is 16.8. The largest absolute Gasteiger partial charge is 0.490 e. The van der Waals surface area contributed by atoms with Gasteiger partial charge in [0.15, 0.2) is 0 Å². The van der Waals surface area contributed by atoms with Crippen molar-refractivity contribution >= 4 is 38.9 Å². The Labute approximate surface area is 332 Å². The fraction of sp³-hybridized carbons (Fsp3) is 0.523. The molecule has 11 heteroatoms. The van der Waals surface area contributed by atoms with Gasteiger partial charge in [0.05, 0.1) is 17.5 Å². The zero-order valence-corrected chi connectivity index (χ0v) is 34.0. The molecule has 5 aliphatic rings. The smallest absolute Gasteiger partial charge is 0.264 e. The van der Waals surface area contributed by atoms with Crippen molar-refractivity contribution < 1.29 is 22.7 Å². The summed E-state index contributed by atoms with van der Waals surface area (Å²) < 4.78 is 43.1. The van der Waals surface area contributed by atoms with Gasteiger partial charge < -0.3 is 19.3 Å². The van der Waals surface area contributed by atoms with Gasteiger partial charge in [-0.2, -0.15) is 0 Å². The van der Waals surface area contributed by atoms with Crippen LogP contribution < -0.4 is 19.3 Å². The van der Waals surface area contributed by atoms with Crippen molar-refractivity contribution in [2.24, 2.45) is 17.8 Å². The fourth-order valence-corrected chi connectivity index (χ4v) is 11.4. The number of ether oxygens (including phenoxy) is 2. The number of hydrogen-bond donors (Lipinski definition) is 1. The van der Waals surface area contributed by atoms with Crippen LogP contribution in [0.3, 0.4) is 0 Å². The van der Waals surface area contributed by atoms with E-state index in [0.29, 0.717) is 36.8 Å². The van der Waals surface area contributed by atoms with Gasteiger partial charge in [-0.05, 0) is 117 Å². The minimum absolute atomic E-state index is 0.226. The lowest BCUT2D eigenvalue weighted by Gasteiger charge is -2.52. The van der Waals surface area contributed by atoms with E-state index in [1.807, 2.05) is 32.2 Å². The van der Waals surface area contributed by atoms with Gasteiger partial charge in [-0.3, -0.25) is 9.69 Å². The first-order valence-corrected chi connectivity index (χ1v) is 22.0. The summed E-state index contributed by atoms with van der Waals surface area (Å²) in [7, 11) is -2.11. The van der Waals surface area contributed by atoms with E-state index in [1.54, 1.807) is 13.0 Å². The predicted octanol–water partition coefficient (Wildman–Crippen LogP) is 7.09. The van der Waals surface area contributed by atoms with Gasteiger partial charge in [-0.1, -0.05) is 54.9 Å². The summed E-state index contributed by atoms with van der Waals surface area (Å²) in [6.45, 7) is 10.1. The number of aryl methyl sites for hydroxylation is 1. The molecule has 3 heterocycles. The summed E-state index contributed by atoms with van der Waals surface area (Å²) in [5, 5.41) is -0.0374. The highest BCUT2D eigenvalue weighted by Gasteiger charge is 2.50. The van der Waals surface area contributed by atoms with Crippen LogP contribution in [-0.4, -0.2) is 89.6 Å². The number of hydrogen-bond acceptors (Lipinski definition) is 8. The number of benzene rings is 3. The molecule has 3 aromatic carbocycles. The van der Waals surface area contributed by atoms with Crippen molar-refractivity contribution in [1.29, 1.82) is 0 Å². The quantitative estimate of drug-likeness (QED) is 0.281. The van der Waals surface area contributed by atoms with Gasteiger partial charge in [0.25, 0.3) is 5.91 Å². The van der Waals surface area contributed by atoms with Crippen molar-refractivity contribution in [3.63, 3.8) is 0 Å². The first-order valence-electron chi connectivity index (χ1n) is 20.1. The van der Waals surface area contributed by atoms with Crippen LogP contribution in [0.5, 0.6) is 5.75 Å². The molecule has 0 unspecified atom stereocenters. The molecule has 2 aliphatic carbocycles. The molecule has 0 radical (unpaired) electrons. The minimum Gasteiger partial charge on any atom is -0.490 e. The molecule has 3 aromatic rings. The summed E-state index contributed by atoms with van der Waals surface area (Å²) in [4.78, 5) is 21.1. The third-order valence-electron chi connectivity index (χ3n) is 13.6. The molecule has 3 aliphatic heterocycles. The fourth-order valence-electron chi connectivity index (χ4n) is 9.96. The Bertz CT molecular complexity index is 2020. The third-order valence-corrected chi connectivity index (χ3v) is 15.7. The number of methoxy groups -OCH3 is 1. The summed E-state index contributed by atoms with van der Waals surface area (Å²) >= 11 is 6.52. The average molecular weight is 787 g/mol. The van der Waals surface area contributed by atoms with Gasteiger partial charge in [-0.15, -0.1) is 0 Å². The van der Waals surface area contributed by atoms with Gasteiger partial charge >= 0.3 is 0 Å². The standard InChI is InChI=1S/C44H55ClN4O5S/c1-31-9-7-20-44(53-3,29-47-21-23-48(24-22-47)37-11-5-4-6-12-37)39-16-13-35(39)27-49-28-43(19-8-10-33-25-36(45)15-17-38(33)43)30-54-41-18-14-34(26-40(41)49)42(50)46-55(51,52)32(31)2/h4-7,11-12,14-15,17-18,20,25-26,31-32,35,39H,8-10,13,16,19,21-24,27-30H2,1-3H3,(H,46,50)/b20-7-/t31-,32+,35-,39+,43-,44+/m0/s1. The molecular weight excluding hydrogens is 732 g/mol. The molecule has 1 saturated heterocycles. The molecule has 1 spiro atoms. The van der Waals surface area contributed by atoms with Gasteiger partial charge in [0, 0.05) is 74.6 Å². The van der Waals surface area contributed by atoms with E-state index in [1.165, 1.54) is 16.8 Å². The first-order chi connectivity index (χ1) is 26.5. The molecule has 9 nitrogen and oxygen atoms in total. The number of nitrogens with one attached hydrogen (secondary N) is 1. The zero-order chi connectivity index (χ0) is 38.4. The highest BCUT2D eigenvalue weighted by atomic mass is 35.5. The van der Waals surface area contributed by atoms with Crippen molar-refractivity contribution in [3.8, 4) is 5.75 Å². The molecule has 2 bridgehead atoms. The van der Waals surface area contributed by atoms with Crippen LogP contribution in [-0.2, 0) is 26.6 Å². The van der Waals surface area contributed by atoms with Gasteiger partial charge in [-0.25, -0.2) is 13.1 Å². The molecule has 0 aromatic heterocycles. The van der Waals surface area contributed by atoms with Crippen LogP contribution in [0.15, 0.2) is 78.9 Å². The van der Waals surface area contributed by atoms with E-state index in [9.17, 15) is 13.2 Å². The van der Waals surface area contributed by atoms with Crippen LogP contribution in [0.2, 0.25) is 5.02 Å². The first kappa shape index (κ1) is 38.3. The van der Waals surface area contributed by atoms with Crippen LogP contribution in [0.4, 0.5) is 11.4 Å². The molecule has 55 heavy (non-hydrogen) atoms. The summed E-state index contributed by atoms with van der Waals surface area (Å²) in [5.41, 5.74) is 4.12.